The van der Waals surface area contributed by atoms with E-state index in [0.29, 0.717) is 13.1 Å². The van der Waals surface area contributed by atoms with E-state index in [1.807, 2.05) is 39.8 Å². The number of hydrogen-bond acceptors (Lipinski definition) is 6. The van der Waals surface area contributed by atoms with Crippen molar-refractivity contribution in [2.45, 2.75) is 45.9 Å². The van der Waals surface area contributed by atoms with Crippen molar-refractivity contribution >= 4 is 17.5 Å². The van der Waals surface area contributed by atoms with E-state index in [4.69, 9.17) is 9.47 Å². The highest BCUT2D eigenvalue weighted by Crippen LogP contribution is 2.18. The third kappa shape index (κ3) is 6.38. The lowest BCUT2D eigenvalue weighted by atomic mass is 10.00. The second kappa shape index (κ2) is 10.3. The summed E-state index contributed by atoms with van der Waals surface area (Å²) >= 11 is 0. The molecule has 0 bridgehead atoms. The van der Waals surface area contributed by atoms with E-state index in [2.05, 4.69) is 21.1 Å². The van der Waals surface area contributed by atoms with E-state index in [1.54, 1.807) is 19.2 Å². The maximum Gasteiger partial charge on any atom is 0.257 e. The van der Waals surface area contributed by atoms with Crippen molar-refractivity contribution in [1.82, 2.24) is 15.8 Å². The van der Waals surface area contributed by atoms with Crippen molar-refractivity contribution in [3.63, 3.8) is 0 Å². The Kier molecular flexibility index (Phi) is 8.07. The lowest BCUT2D eigenvalue weighted by molar-refractivity contribution is -0.138. The zero-order chi connectivity index (χ0) is 20.7. The maximum atomic E-state index is 12.7. The van der Waals surface area contributed by atoms with Gasteiger partial charge in [0.05, 0.1) is 31.9 Å². The van der Waals surface area contributed by atoms with Crippen molar-refractivity contribution in [3.8, 4) is 5.75 Å². The smallest absolute Gasteiger partial charge is 0.257 e. The molecule has 8 heteroatoms. The molecule has 1 saturated heterocycles. The van der Waals surface area contributed by atoms with Gasteiger partial charge in [0.1, 0.15) is 5.75 Å². The Labute approximate surface area is 166 Å². The van der Waals surface area contributed by atoms with Crippen LogP contribution in [0.3, 0.4) is 0 Å². The van der Waals surface area contributed by atoms with Crippen LogP contribution in [0.4, 0.5) is 5.69 Å². The first-order chi connectivity index (χ1) is 13.3. The summed E-state index contributed by atoms with van der Waals surface area (Å²) in [4.78, 5) is 26.9. The van der Waals surface area contributed by atoms with Gasteiger partial charge in [0.25, 0.3) is 11.8 Å². The second-order valence-corrected chi connectivity index (χ2v) is 7.52. The molecule has 0 aliphatic carbocycles. The van der Waals surface area contributed by atoms with Gasteiger partial charge < -0.3 is 14.8 Å². The van der Waals surface area contributed by atoms with E-state index in [0.717, 1.165) is 11.4 Å². The average Bonchev–Trinajstić information content (AvgIpc) is 2.64. The normalized spacial score (nSPS) is 21.1. The van der Waals surface area contributed by atoms with Crippen molar-refractivity contribution in [1.29, 1.82) is 0 Å². The lowest BCUT2D eigenvalue weighted by Crippen LogP contribution is -2.59. The highest BCUT2D eigenvalue weighted by molar-refractivity contribution is 5.87. The summed E-state index contributed by atoms with van der Waals surface area (Å²) < 4.78 is 10.9. The van der Waals surface area contributed by atoms with Gasteiger partial charge >= 0.3 is 0 Å². The van der Waals surface area contributed by atoms with Crippen LogP contribution in [0.1, 0.15) is 27.7 Å². The Morgan fingerprint density at radius 2 is 1.75 bits per heavy atom. The number of nitrogens with one attached hydrogen (secondary N) is 3. The van der Waals surface area contributed by atoms with Crippen molar-refractivity contribution in [2.24, 2.45) is 5.92 Å². The molecule has 1 aromatic carbocycles. The summed E-state index contributed by atoms with van der Waals surface area (Å²) in [6.07, 6.45) is 0.141. The molecule has 0 aromatic heterocycles. The number of methoxy groups -OCH3 is 1. The highest BCUT2D eigenvalue weighted by atomic mass is 16.5. The molecule has 1 aromatic rings. The first kappa shape index (κ1) is 22.0. The zero-order valence-electron chi connectivity index (χ0n) is 17.3. The maximum absolute atomic E-state index is 12.7. The summed E-state index contributed by atoms with van der Waals surface area (Å²) in [6, 6.07) is 6.92. The van der Waals surface area contributed by atoms with Gasteiger partial charge in [-0.05, 0) is 44.0 Å². The summed E-state index contributed by atoms with van der Waals surface area (Å²) in [5.74, 6) is 0.310. The van der Waals surface area contributed by atoms with Gasteiger partial charge in [-0.15, -0.1) is 0 Å². The molecule has 8 nitrogen and oxygen atoms in total. The van der Waals surface area contributed by atoms with E-state index in [9.17, 15) is 9.59 Å². The minimum atomic E-state index is -0.330. The van der Waals surface area contributed by atoms with Crippen molar-refractivity contribution in [3.05, 3.63) is 24.3 Å². The Morgan fingerprint density at radius 3 is 2.29 bits per heavy atom. The third-order valence-corrected chi connectivity index (χ3v) is 4.61. The Morgan fingerprint density at radius 1 is 1.14 bits per heavy atom. The second-order valence-electron chi connectivity index (χ2n) is 7.52. The van der Waals surface area contributed by atoms with Gasteiger partial charge in [-0.25, -0.2) is 0 Å². The number of nitrogens with zero attached hydrogens (tertiary/aromatic N) is 1. The number of anilines is 1. The standard InChI is InChI=1S/C20H32N4O4/c1-13(2)19(24-11-14(3)28-15(4)12-24)20(26)23-22-18(25)10-21-16-6-8-17(27-5)9-7-16/h6-9,13-15,19,21H,10-12H2,1-5H3,(H,22,25)(H,23,26). The molecule has 156 valence electrons. The molecule has 0 radical (unpaired) electrons. The van der Waals surface area contributed by atoms with Crippen molar-refractivity contribution < 1.29 is 19.1 Å². The predicted molar refractivity (Wildman–Crippen MR) is 108 cm³/mol. The average molecular weight is 393 g/mol. The molecule has 3 N–H and O–H groups in total. The van der Waals surface area contributed by atoms with Crippen LogP contribution < -0.4 is 20.9 Å². The molecule has 0 saturated carbocycles. The molecular weight excluding hydrogens is 360 g/mol. The molecule has 2 amide bonds. The summed E-state index contributed by atoms with van der Waals surface area (Å²) in [5, 5.41) is 3.00. The number of carbonyl (C=O) groups is 2. The fraction of sp³-hybridized carbons (Fsp3) is 0.600. The highest BCUT2D eigenvalue weighted by Gasteiger charge is 2.34. The molecular formula is C20H32N4O4. The van der Waals surface area contributed by atoms with E-state index >= 15 is 0 Å². The van der Waals surface area contributed by atoms with Crippen LogP contribution in [-0.2, 0) is 14.3 Å². The van der Waals surface area contributed by atoms with Crippen LogP contribution >= 0.6 is 0 Å². The Bertz CT molecular complexity index is 640. The largest absolute Gasteiger partial charge is 0.497 e. The number of ether oxygens (including phenoxy) is 2. The van der Waals surface area contributed by atoms with Crippen LogP contribution in [0.15, 0.2) is 24.3 Å². The topological polar surface area (TPSA) is 91.9 Å². The number of rotatable bonds is 7. The number of morpholine rings is 1. The van der Waals surface area contributed by atoms with Gasteiger partial charge in [0, 0.05) is 18.8 Å². The minimum Gasteiger partial charge on any atom is -0.497 e. The molecule has 28 heavy (non-hydrogen) atoms. The van der Waals surface area contributed by atoms with Gasteiger partial charge in [-0.3, -0.25) is 25.3 Å². The van der Waals surface area contributed by atoms with Gasteiger partial charge in [-0.2, -0.15) is 0 Å². The molecule has 0 spiro atoms. The molecule has 2 rings (SSSR count). The number of hydrazine groups is 1. The quantitative estimate of drug-likeness (QED) is 0.608. The fourth-order valence-corrected chi connectivity index (χ4v) is 3.48. The fourth-order valence-electron chi connectivity index (χ4n) is 3.48. The number of carbonyl (C=O) groups excluding carboxylic acids is 2. The molecule has 3 atom stereocenters. The molecule has 1 fully saturated rings. The molecule has 1 aliphatic rings. The van der Waals surface area contributed by atoms with Crippen LogP contribution in [0, 0.1) is 5.92 Å². The van der Waals surface area contributed by atoms with E-state index < -0.39 is 0 Å². The molecule has 1 aliphatic heterocycles. The Hall–Kier alpha value is -2.32. The summed E-state index contributed by atoms with van der Waals surface area (Å²) in [5.41, 5.74) is 5.84. The van der Waals surface area contributed by atoms with Gasteiger partial charge in [-0.1, -0.05) is 13.8 Å². The molecule has 3 unspecified atom stereocenters. The number of benzene rings is 1. The predicted octanol–water partition coefficient (Wildman–Crippen LogP) is 1.39. The van der Waals surface area contributed by atoms with Gasteiger partial charge in [0.15, 0.2) is 0 Å². The monoisotopic (exact) mass is 392 g/mol. The Balaban J connectivity index is 1.83. The van der Waals surface area contributed by atoms with Crippen molar-refractivity contribution in [2.75, 3.05) is 32.1 Å². The van der Waals surface area contributed by atoms with Crippen LogP contribution in [0.5, 0.6) is 5.75 Å². The zero-order valence-corrected chi connectivity index (χ0v) is 17.3. The summed E-state index contributed by atoms with van der Waals surface area (Å²) in [7, 11) is 1.60. The number of amides is 2. The van der Waals surface area contributed by atoms with Gasteiger partial charge in [0.2, 0.25) is 0 Å². The first-order valence-electron chi connectivity index (χ1n) is 9.66. The van der Waals surface area contributed by atoms with Crippen LogP contribution in [0.2, 0.25) is 0 Å². The minimum absolute atomic E-state index is 0.0462. The first-order valence-corrected chi connectivity index (χ1v) is 9.66. The lowest BCUT2D eigenvalue weighted by Gasteiger charge is -2.40. The van der Waals surface area contributed by atoms with E-state index in [-0.39, 0.29) is 42.5 Å². The molecule has 1 heterocycles. The third-order valence-electron chi connectivity index (χ3n) is 4.61. The summed E-state index contributed by atoms with van der Waals surface area (Å²) in [6.45, 7) is 9.44. The van der Waals surface area contributed by atoms with Crippen LogP contribution in [0.25, 0.3) is 0 Å². The number of hydrogen-bond donors (Lipinski definition) is 3. The SMILES string of the molecule is COc1ccc(NCC(=O)NNC(=O)C(C(C)C)N2CC(C)OC(C)C2)cc1. The van der Waals surface area contributed by atoms with Crippen LogP contribution in [-0.4, -0.2) is 61.7 Å². The van der Waals surface area contributed by atoms with E-state index in [1.165, 1.54) is 0 Å².